The molecule has 2 rings (SSSR count). The largest absolute Gasteiger partial charge is 0.221 e. The van der Waals surface area contributed by atoms with E-state index in [4.69, 9.17) is 46.4 Å². The highest BCUT2D eigenvalue weighted by atomic mass is 35.5. The van der Waals surface area contributed by atoms with Gasteiger partial charge >= 0.3 is 0 Å². The predicted molar refractivity (Wildman–Crippen MR) is 74.5 cm³/mol. The first-order valence-electron chi connectivity index (χ1n) is 4.77. The Hall–Kier alpha value is -0.470. The van der Waals surface area contributed by atoms with E-state index in [0.29, 0.717) is 15.6 Å². The maximum absolute atomic E-state index is 6.11. The molecule has 5 heteroatoms. The molecule has 1 aromatic carbocycles. The second kappa shape index (κ2) is 5.03. The third kappa shape index (κ3) is 2.53. The zero-order valence-corrected chi connectivity index (χ0v) is 11.8. The maximum atomic E-state index is 6.11. The van der Waals surface area contributed by atoms with E-state index in [-0.39, 0.29) is 10.3 Å². The molecular formula is C12H7Cl4N. The van der Waals surface area contributed by atoms with Crippen LogP contribution in [0.5, 0.6) is 0 Å². The molecule has 0 aliphatic carbocycles. The molecule has 17 heavy (non-hydrogen) atoms. The van der Waals surface area contributed by atoms with Crippen molar-refractivity contribution in [1.82, 2.24) is 4.98 Å². The van der Waals surface area contributed by atoms with Crippen LogP contribution >= 0.6 is 46.4 Å². The third-order valence-electron chi connectivity index (χ3n) is 2.34. The molecule has 0 spiro atoms. The van der Waals surface area contributed by atoms with Crippen molar-refractivity contribution in [3.8, 4) is 11.1 Å². The summed E-state index contributed by atoms with van der Waals surface area (Å²) in [5, 5.41) is 0.920. The number of aromatic nitrogens is 1. The number of pyridine rings is 1. The van der Waals surface area contributed by atoms with E-state index < -0.39 is 0 Å². The topological polar surface area (TPSA) is 12.9 Å². The van der Waals surface area contributed by atoms with Gasteiger partial charge in [-0.05, 0) is 12.5 Å². The number of nitrogens with zero attached hydrogens (tertiary/aromatic N) is 1. The fraction of sp³-hybridized carbons (Fsp3) is 0.0833. The summed E-state index contributed by atoms with van der Waals surface area (Å²) in [5.41, 5.74) is 2.61. The van der Waals surface area contributed by atoms with Crippen LogP contribution in [-0.2, 0) is 0 Å². The minimum Gasteiger partial charge on any atom is -0.221 e. The molecule has 0 aliphatic rings. The Morgan fingerprint density at radius 1 is 0.824 bits per heavy atom. The average molecular weight is 307 g/mol. The first kappa shape index (κ1) is 13.0. The zero-order chi connectivity index (χ0) is 12.6. The standard InChI is InChI=1S/C12H7Cl4N/c1-6-2-4-7(5-3-6)8-9(13)11(15)17-12(16)10(8)14/h2-5H,1H3. The van der Waals surface area contributed by atoms with Gasteiger partial charge in [0, 0.05) is 5.56 Å². The average Bonchev–Trinajstić information content (AvgIpc) is 2.29. The second-order valence-electron chi connectivity index (χ2n) is 3.56. The van der Waals surface area contributed by atoms with Gasteiger partial charge in [0.25, 0.3) is 0 Å². The Balaban J connectivity index is 2.70. The number of aryl methyl sites for hydroxylation is 1. The van der Waals surface area contributed by atoms with E-state index in [1.165, 1.54) is 0 Å². The highest BCUT2D eigenvalue weighted by Crippen LogP contribution is 2.41. The molecule has 0 radical (unpaired) electrons. The van der Waals surface area contributed by atoms with Crippen molar-refractivity contribution in [2.45, 2.75) is 6.92 Å². The molecule has 88 valence electrons. The van der Waals surface area contributed by atoms with Crippen LogP contribution in [0, 0.1) is 6.92 Å². The van der Waals surface area contributed by atoms with Crippen molar-refractivity contribution in [3.63, 3.8) is 0 Å². The Bertz CT molecular complexity index is 537. The first-order valence-corrected chi connectivity index (χ1v) is 6.29. The normalized spacial score (nSPS) is 10.6. The van der Waals surface area contributed by atoms with Gasteiger partial charge in [-0.25, -0.2) is 4.98 Å². The van der Waals surface area contributed by atoms with Gasteiger partial charge in [0.2, 0.25) is 0 Å². The molecule has 0 saturated carbocycles. The molecule has 0 atom stereocenters. The van der Waals surface area contributed by atoms with Crippen molar-refractivity contribution in [2.75, 3.05) is 0 Å². The summed E-state index contributed by atoms with van der Waals surface area (Å²) in [6.45, 7) is 2.00. The lowest BCUT2D eigenvalue weighted by molar-refractivity contribution is 1.33. The molecule has 1 nitrogen and oxygen atoms in total. The Labute approximate surface area is 119 Å². The highest BCUT2D eigenvalue weighted by Gasteiger charge is 2.16. The Morgan fingerprint density at radius 2 is 1.29 bits per heavy atom. The predicted octanol–water partition coefficient (Wildman–Crippen LogP) is 5.67. The summed E-state index contributed by atoms with van der Waals surface area (Å²) in [6.07, 6.45) is 0. The van der Waals surface area contributed by atoms with Gasteiger partial charge in [-0.1, -0.05) is 76.2 Å². The summed E-state index contributed by atoms with van der Waals surface area (Å²) in [6, 6.07) is 7.75. The van der Waals surface area contributed by atoms with E-state index >= 15 is 0 Å². The fourth-order valence-corrected chi connectivity index (χ4v) is 2.40. The molecule has 0 fully saturated rings. The second-order valence-corrected chi connectivity index (χ2v) is 5.03. The SMILES string of the molecule is Cc1ccc(-c2c(Cl)c(Cl)nc(Cl)c2Cl)cc1. The quantitative estimate of drug-likeness (QED) is 0.618. The van der Waals surface area contributed by atoms with Gasteiger partial charge in [-0.2, -0.15) is 0 Å². The van der Waals surface area contributed by atoms with Crippen LogP contribution in [0.2, 0.25) is 20.4 Å². The monoisotopic (exact) mass is 305 g/mol. The van der Waals surface area contributed by atoms with Crippen LogP contribution in [0.15, 0.2) is 24.3 Å². The van der Waals surface area contributed by atoms with Crippen LogP contribution in [0.3, 0.4) is 0 Å². The number of rotatable bonds is 1. The molecule has 0 aliphatic heterocycles. The van der Waals surface area contributed by atoms with E-state index in [1.54, 1.807) is 0 Å². The van der Waals surface area contributed by atoms with Gasteiger partial charge < -0.3 is 0 Å². The molecule has 1 heterocycles. The van der Waals surface area contributed by atoms with Crippen LogP contribution in [-0.4, -0.2) is 4.98 Å². The zero-order valence-electron chi connectivity index (χ0n) is 8.77. The summed E-state index contributed by atoms with van der Waals surface area (Å²) >= 11 is 24.0. The number of hydrogen-bond donors (Lipinski definition) is 0. The maximum Gasteiger partial charge on any atom is 0.150 e. The van der Waals surface area contributed by atoms with E-state index in [1.807, 2.05) is 31.2 Å². The van der Waals surface area contributed by atoms with Crippen LogP contribution in [0.25, 0.3) is 11.1 Å². The van der Waals surface area contributed by atoms with Crippen molar-refractivity contribution in [3.05, 3.63) is 50.2 Å². The van der Waals surface area contributed by atoms with Crippen molar-refractivity contribution < 1.29 is 0 Å². The lowest BCUT2D eigenvalue weighted by atomic mass is 10.1. The lowest BCUT2D eigenvalue weighted by Crippen LogP contribution is -1.88. The van der Waals surface area contributed by atoms with Gasteiger partial charge in [0.15, 0.2) is 0 Å². The number of hydrogen-bond acceptors (Lipinski definition) is 1. The van der Waals surface area contributed by atoms with Crippen LogP contribution in [0.1, 0.15) is 5.56 Å². The third-order valence-corrected chi connectivity index (χ3v) is 3.81. The molecule has 0 saturated heterocycles. The highest BCUT2D eigenvalue weighted by molar-refractivity contribution is 6.48. The minimum atomic E-state index is 0.150. The van der Waals surface area contributed by atoms with Gasteiger partial charge in [0.05, 0.1) is 10.0 Å². The van der Waals surface area contributed by atoms with E-state index in [9.17, 15) is 0 Å². The summed E-state index contributed by atoms with van der Waals surface area (Å²) in [5.74, 6) is 0. The molecule has 0 N–H and O–H groups in total. The molecule has 0 bridgehead atoms. The lowest BCUT2D eigenvalue weighted by Gasteiger charge is -2.09. The first-order chi connectivity index (χ1) is 8.00. The summed E-state index contributed by atoms with van der Waals surface area (Å²) in [4.78, 5) is 3.84. The van der Waals surface area contributed by atoms with E-state index in [0.717, 1.165) is 11.1 Å². The fourth-order valence-electron chi connectivity index (χ4n) is 1.46. The van der Waals surface area contributed by atoms with Gasteiger partial charge in [-0.15, -0.1) is 0 Å². The van der Waals surface area contributed by atoms with Crippen LogP contribution < -0.4 is 0 Å². The van der Waals surface area contributed by atoms with Crippen molar-refractivity contribution in [2.24, 2.45) is 0 Å². The molecule has 1 aromatic heterocycles. The number of halogens is 4. The summed E-state index contributed by atoms with van der Waals surface area (Å²) in [7, 11) is 0. The summed E-state index contributed by atoms with van der Waals surface area (Å²) < 4.78 is 0. The van der Waals surface area contributed by atoms with E-state index in [2.05, 4.69) is 4.98 Å². The number of benzene rings is 1. The van der Waals surface area contributed by atoms with Crippen molar-refractivity contribution >= 4 is 46.4 Å². The van der Waals surface area contributed by atoms with Gasteiger partial charge in [0.1, 0.15) is 10.3 Å². The Morgan fingerprint density at radius 3 is 1.76 bits per heavy atom. The van der Waals surface area contributed by atoms with Crippen LogP contribution in [0.4, 0.5) is 0 Å². The molecular weight excluding hydrogens is 300 g/mol. The molecule has 0 amide bonds. The van der Waals surface area contributed by atoms with Gasteiger partial charge in [-0.3, -0.25) is 0 Å². The smallest absolute Gasteiger partial charge is 0.150 e. The molecule has 0 unspecified atom stereocenters. The molecule has 2 aromatic rings. The minimum absolute atomic E-state index is 0.150. The Kier molecular flexibility index (Phi) is 3.84. The van der Waals surface area contributed by atoms with Crippen molar-refractivity contribution in [1.29, 1.82) is 0 Å².